The maximum Gasteiger partial charge on any atom is 0.0715 e. The van der Waals surface area contributed by atoms with Gasteiger partial charge in [0.15, 0.2) is 0 Å². The van der Waals surface area contributed by atoms with Crippen LogP contribution in [0.3, 0.4) is 0 Å². The fourth-order valence-corrected chi connectivity index (χ4v) is 2.79. The number of aromatic nitrogens is 1. The van der Waals surface area contributed by atoms with E-state index >= 15 is 0 Å². The lowest BCUT2D eigenvalue weighted by atomic mass is 9.97. The summed E-state index contributed by atoms with van der Waals surface area (Å²) in [6, 6.07) is 31.4. The molecule has 22 heavy (non-hydrogen) atoms. The van der Waals surface area contributed by atoms with Gasteiger partial charge in [0.1, 0.15) is 0 Å². The SMILES string of the molecule is c1ccc(-c2ccccc2-c2ccc3ccccc3n2)cc1. The van der Waals surface area contributed by atoms with Crippen molar-refractivity contribution in [3.63, 3.8) is 0 Å². The Balaban J connectivity index is 1.92. The van der Waals surface area contributed by atoms with Crippen molar-refractivity contribution in [1.29, 1.82) is 0 Å². The van der Waals surface area contributed by atoms with E-state index in [0.717, 1.165) is 11.2 Å². The molecule has 0 aliphatic heterocycles. The molecule has 0 N–H and O–H groups in total. The number of benzene rings is 3. The van der Waals surface area contributed by atoms with Gasteiger partial charge in [-0.05, 0) is 23.3 Å². The average Bonchev–Trinajstić information content (AvgIpc) is 2.62. The van der Waals surface area contributed by atoms with E-state index in [0.29, 0.717) is 0 Å². The minimum absolute atomic E-state index is 1.01. The number of hydrogen-bond donors (Lipinski definition) is 0. The van der Waals surface area contributed by atoms with Crippen LogP contribution >= 0.6 is 0 Å². The largest absolute Gasteiger partial charge is 0.248 e. The molecule has 0 saturated heterocycles. The number of nitrogens with zero attached hydrogens (tertiary/aromatic N) is 1. The summed E-state index contributed by atoms with van der Waals surface area (Å²) in [6.45, 7) is 0. The molecule has 1 aromatic heterocycles. The van der Waals surface area contributed by atoms with E-state index in [1.165, 1.54) is 22.1 Å². The Bertz CT molecular complexity index is 926. The maximum atomic E-state index is 4.83. The van der Waals surface area contributed by atoms with Crippen molar-refractivity contribution in [3.8, 4) is 22.4 Å². The van der Waals surface area contributed by atoms with E-state index in [-0.39, 0.29) is 0 Å². The molecule has 0 aliphatic rings. The Labute approximate surface area is 129 Å². The summed E-state index contributed by atoms with van der Waals surface area (Å²) < 4.78 is 0. The minimum atomic E-state index is 1.01. The van der Waals surface area contributed by atoms with Crippen molar-refractivity contribution < 1.29 is 0 Å². The second-order valence-corrected chi connectivity index (χ2v) is 5.30. The van der Waals surface area contributed by atoms with Crippen LogP contribution in [0.1, 0.15) is 0 Å². The van der Waals surface area contributed by atoms with Crippen molar-refractivity contribution in [2.24, 2.45) is 0 Å². The van der Waals surface area contributed by atoms with Gasteiger partial charge < -0.3 is 0 Å². The lowest BCUT2D eigenvalue weighted by molar-refractivity contribution is 1.40. The van der Waals surface area contributed by atoms with Gasteiger partial charge in [0.25, 0.3) is 0 Å². The first-order chi connectivity index (χ1) is 10.9. The highest BCUT2D eigenvalue weighted by Crippen LogP contribution is 2.31. The highest BCUT2D eigenvalue weighted by molar-refractivity contribution is 5.86. The highest BCUT2D eigenvalue weighted by atomic mass is 14.7. The topological polar surface area (TPSA) is 12.9 Å². The molecule has 0 unspecified atom stereocenters. The number of para-hydroxylation sites is 1. The summed E-state index contributed by atoms with van der Waals surface area (Å²) in [7, 11) is 0. The predicted octanol–water partition coefficient (Wildman–Crippen LogP) is 5.57. The molecule has 0 aliphatic carbocycles. The van der Waals surface area contributed by atoms with E-state index < -0.39 is 0 Å². The van der Waals surface area contributed by atoms with Crippen molar-refractivity contribution >= 4 is 10.9 Å². The fraction of sp³-hybridized carbons (Fsp3) is 0. The zero-order valence-corrected chi connectivity index (χ0v) is 12.1. The van der Waals surface area contributed by atoms with Crippen molar-refractivity contribution in [2.75, 3.05) is 0 Å². The minimum Gasteiger partial charge on any atom is -0.248 e. The van der Waals surface area contributed by atoms with E-state index in [9.17, 15) is 0 Å². The molecule has 1 heteroatoms. The second kappa shape index (κ2) is 5.45. The van der Waals surface area contributed by atoms with E-state index in [1.807, 2.05) is 18.2 Å². The molecule has 1 nitrogen and oxygen atoms in total. The zero-order chi connectivity index (χ0) is 14.8. The van der Waals surface area contributed by atoms with Gasteiger partial charge >= 0.3 is 0 Å². The van der Waals surface area contributed by atoms with Gasteiger partial charge in [-0.2, -0.15) is 0 Å². The van der Waals surface area contributed by atoms with Gasteiger partial charge in [-0.15, -0.1) is 0 Å². The third-order valence-electron chi connectivity index (χ3n) is 3.89. The van der Waals surface area contributed by atoms with Crippen molar-refractivity contribution in [2.45, 2.75) is 0 Å². The van der Waals surface area contributed by atoms with Crippen LogP contribution in [0, 0.1) is 0 Å². The van der Waals surface area contributed by atoms with Crippen LogP contribution in [0.5, 0.6) is 0 Å². The van der Waals surface area contributed by atoms with Crippen molar-refractivity contribution in [1.82, 2.24) is 4.98 Å². The fourth-order valence-electron chi connectivity index (χ4n) is 2.79. The molecule has 4 aromatic rings. The molecule has 0 bridgehead atoms. The van der Waals surface area contributed by atoms with E-state index in [2.05, 4.69) is 72.8 Å². The zero-order valence-electron chi connectivity index (χ0n) is 12.1. The summed E-state index contributed by atoms with van der Waals surface area (Å²) in [4.78, 5) is 4.83. The van der Waals surface area contributed by atoms with Crippen molar-refractivity contribution in [3.05, 3.63) is 91.0 Å². The number of hydrogen-bond acceptors (Lipinski definition) is 1. The molecule has 0 atom stereocenters. The highest BCUT2D eigenvalue weighted by Gasteiger charge is 2.08. The summed E-state index contributed by atoms with van der Waals surface area (Å²) >= 11 is 0. The summed E-state index contributed by atoms with van der Waals surface area (Å²) in [5.74, 6) is 0. The summed E-state index contributed by atoms with van der Waals surface area (Å²) in [5, 5.41) is 1.17. The Morgan fingerprint density at radius 2 is 1.18 bits per heavy atom. The van der Waals surface area contributed by atoms with Crippen LogP contribution in [0.15, 0.2) is 91.0 Å². The molecule has 0 radical (unpaired) electrons. The van der Waals surface area contributed by atoms with Crippen LogP contribution in [-0.2, 0) is 0 Å². The van der Waals surface area contributed by atoms with Gasteiger partial charge in [-0.3, -0.25) is 0 Å². The predicted molar refractivity (Wildman–Crippen MR) is 92.6 cm³/mol. The Morgan fingerprint density at radius 1 is 0.500 bits per heavy atom. The molecular weight excluding hydrogens is 266 g/mol. The molecule has 3 aromatic carbocycles. The van der Waals surface area contributed by atoms with Crippen LogP contribution in [-0.4, -0.2) is 4.98 Å². The van der Waals surface area contributed by atoms with Gasteiger partial charge in [-0.25, -0.2) is 4.98 Å². The Hall–Kier alpha value is -2.93. The molecule has 0 fully saturated rings. The van der Waals surface area contributed by atoms with Gasteiger partial charge in [-0.1, -0.05) is 78.9 Å². The molecule has 1 heterocycles. The van der Waals surface area contributed by atoms with Crippen LogP contribution in [0.25, 0.3) is 33.3 Å². The Kier molecular flexibility index (Phi) is 3.17. The van der Waals surface area contributed by atoms with Gasteiger partial charge in [0.05, 0.1) is 11.2 Å². The first-order valence-corrected chi connectivity index (χ1v) is 7.42. The number of fused-ring (bicyclic) bond motifs is 1. The van der Waals surface area contributed by atoms with Gasteiger partial charge in [0.2, 0.25) is 0 Å². The summed E-state index contributed by atoms with van der Waals surface area (Å²) in [5.41, 5.74) is 5.64. The van der Waals surface area contributed by atoms with E-state index in [1.54, 1.807) is 0 Å². The first kappa shape index (κ1) is 12.8. The third-order valence-corrected chi connectivity index (χ3v) is 3.89. The van der Waals surface area contributed by atoms with E-state index in [4.69, 9.17) is 4.98 Å². The molecule has 4 rings (SSSR count). The number of rotatable bonds is 2. The molecule has 0 saturated carbocycles. The second-order valence-electron chi connectivity index (χ2n) is 5.30. The van der Waals surface area contributed by atoms with Crippen LogP contribution < -0.4 is 0 Å². The smallest absolute Gasteiger partial charge is 0.0715 e. The quantitative estimate of drug-likeness (QED) is 0.468. The van der Waals surface area contributed by atoms with Crippen LogP contribution in [0.2, 0.25) is 0 Å². The monoisotopic (exact) mass is 281 g/mol. The van der Waals surface area contributed by atoms with Gasteiger partial charge in [0, 0.05) is 10.9 Å². The summed E-state index contributed by atoms with van der Waals surface area (Å²) in [6.07, 6.45) is 0. The molecule has 0 amide bonds. The lowest BCUT2D eigenvalue weighted by Crippen LogP contribution is -1.88. The normalized spacial score (nSPS) is 10.7. The maximum absolute atomic E-state index is 4.83. The molecule has 0 spiro atoms. The standard InChI is InChI=1S/C21H15N/c1-2-8-16(9-3-1)18-11-5-6-12-19(18)21-15-14-17-10-4-7-13-20(17)22-21/h1-15H. The molecular formula is C21H15N. The average molecular weight is 281 g/mol. The Morgan fingerprint density at radius 3 is 2.05 bits per heavy atom. The molecule has 104 valence electrons. The first-order valence-electron chi connectivity index (χ1n) is 7.42. The van der Waals surface area contributed by atoms with Crippen LogP contribution in [0.4, 0.5) is 0 Å². The third kappa shape index (κ3) is 2.27. The number of pyridine rings is 1. The lowest BCUT2D eigenvalue weighted by Gasteiger charge is -2.10.